The number of benzene rings is 1. The van der Waals surface area contributed by atoms with Gasteiger partial charge >= 0.3 is 0 Å². The topological polar surface area (TPSA) is 46.2 Å². The van der Waals surface area contributed by atoms with Gasteiger partial charge in [-0.1, -0.05) is 18.9 Å². The van der Waals surface area contributed by atoms with E-state index in [0.717, 1.165) is 18.5 Å². The largest absolute Gasteiger partial charge is 0.310 e. The smallest absolute Gasteiger partial charge is 0.175 e. The van der Waals surface area contributed by atoms with Gasteiger partial charge in [-0.25, -0.2) is 8.42 Å². The fourth-order valence-electron chi connectivity index (χ4n) is 2.56. The summed E-state index contributed by atoms with van der Waals surface area (Å²) in [6, 6.07) is 5.86. The molecule has 0 bridgehead atoms. The van der Waals surface area contributed by atoms with Crippen molar-refractivity contribution < 1.29 is 8.42 Å². The molecule has 3 nitrogen and oxygen atoms in total. The molecule has 0 aromatic heterocycles. The summed E-state index contributed by atoms with van der Waals surface area (Å²) in [4.78, 5) is 0.414. The zero-order valence-electron chi connectivity index (χ0n) is 11.1. The molecular formula is C14H21NO2S. The lowest BCUT2D eigenvalue weighted by Gasteiger charge is -2.19. The summed E-state index contributed by atoms with van der Waals surface area (Å²) in [7, 11) is -3.10. The fraction of sp³-hybridized carbons (Fsp3) is 0.571. The molecule has 100 valence electrons. The third-order valence-electron chi connectivity index (χ3n) is 3.61. The molecule has 0 saturated carbocycles. The van der Waals surface area contributed by atoms with Crippen LogP contribution >= 0.6 is 0 Å². The van der Waals surface area contributed by atoms with Crippen LogP contribution in [0.1, 0.15) is 42.9 Å². The lowest BCUT2D eigenvalue weighted by molar-refractivity contribution is 0.532. The molecule has 0 radical (unpaired) electrons. The Hall–Kier alpha value is -0.870. The summed E-state index contributed by atoms with van der Waals surface area (Å²) in [5.74, 6) is 0. The van der Waals surface area contributed by atoms with Crippen molar-refractivity contribution >= 4 is 9.84 Å². The molecule has 1 fully saturated rings. The van der Waals surface area contributed by atoms with E-state index in [1.165, 1.54) is 31.1 Å². The molecule has 1 atom stereocenters. The molecule has 0 aliphatic carbocycles. The van der Waals surface area contributed by atoms with E-state index in [9.17, 15) is 8.42 Å². The fourth-order valence-corrected chi connectivity index (χ4v) is 3.27. The Balaban J connectivity index is 2.29. The first-order valence-corrected chi connectivity index (χ1v) is 8.41. The maximum atomic E-state index is 11.5. The highest BCUT2D eigenvalue weighted by Crippen LogP contribution is 2.26. The van der Waals surface area contributed by atoms with Crippen LogP contribution in [-0.2, 0) is 9.84 Å². The van der Waals surface area contributed by atoms with Crippen LogP contribution in [0.2, 0.25) is 0 Å². The summed E-state index contributed by atoms with van der Waals surface area (Å²) in [5.41, 5.74) is 2.31. The third-order valence-corrected chi connectivity index (χ3v) is 4.72. The first-order valence-electron chi connectivity index (χ1n) is 6.52. The lowest BCUT2D eigenvalue weighted by atomic mass is 9.98. The minimum atomic E-state index is -3.10. The first-order chi connectivity index (χ1) is 8.48. The quantitative estimate of drug-likeness (QED) is 0.896. The molecule has 1 aliphatic heterocycles. The number of sulfone groups is 1. The number of aryl methyl sites for hydroxylation is 1. The highest BCUT2D eigenvalue weighted by Gasteiger charge is 2.17. The number of rotatable bonds is 2. The van der Waals surface area contributed by atoms with Gasteiger partial charge in [0.25, 0.3) is 0 Å². The lowest BCUT2D eigenvalue weighted by Crippen LogP contribution is -2.21. The van der Waals surface area contributed by atoms with Crippen LogP contribution in [0.4, 0.5) is 0 Å². The van der Waals surface area contributed by atoms with E-state index in [2.05, 4.69) is 5.32 Å². The monoisotopic (exact) mass is 267 g/mol. The predicted molar refractivity (Wildman–Crippen MR) is 73.5 cm³/mol. The summed E-state index contributed by atoms with van der Waals surface area (Å²) in [5, 5.41) is 3.55. The molecule has 2 rings (SSSR count). The van der Waals surface area contributed by atoms with Gasteiger partial charge in [0.2, 0.25) is 0 Å². The molecule has 1 N–H and O–H groups in total. The number of nitrogens with one attached hydrogen (secondary N) is 1. The van der Waals surface area contributed by atoms with Gasteiger partial charge in [-0.15, -0.1) is 0 Å². The standard InChI is InChI=1S/C14H21NO2S/c1-11-10-12(18(2,16)17)7-8-13(11)14-6-4-3-5-9-15-14/h7-8,10,14-15H,3-6,9H2,1-2H3/t14-/m1/s1. The minimum Gasteiger partial charge on any atom is -0.310 e. The van der Waals surface area contributed by atoms with Crippen molar-refractivity contribution in [3.05, 3.63) is 29.3 Å². The second-order valence-electron chi connectivity index (χ2n) is 5.15. The van der Waals surface area contributed by atoms with E-state index in [1.807, 2.05) is 13.0 Å². The van der Waals surface area contributed by atoms with E-state index in [4.69, 9.17) is 0 Å². The van der Waals surface area contributed by atoms with Crippen molar-refractivity contribution in [1.82, 2.24) is 5.32 Å². The summed E-state index contributed by atoms with van der Waals surface area (Å²) >= 11 is 0. The molecular weight excluding hydrogens is 246 g/mol. The van der Waals surface area contributed by atoms with Crippen molar-refractivity contribution in [2.75, 3.05) is 12.8 Å². The van der Waals surface area contributed by atoms with E-state index in [0.29, 0.717) is 10.9 Å². The molecule has 1 saturated heterocycles. The second-order valence-corrected chi connectivity index (χ2v) is 7.16. The van der Waals surface area contributed by atoms with Crippen LogP contribution < -0.4 is 5.32 Å². The Morgan fingerprint density at radius 1 is 1.22 bits per heavy atom. The molecule has 0 amide bonds. The van der Waals surface area contributed by atoms with E-state index in [-0.39, 0.29) is 0 Å². The van der Waals surface area contributed by atoms with Crippen molar-refractivity contribution in [3.8, 4) is 0 Å². The number of hydrogen-bond donors (Lipinski definition) is 1. The Labute approximate surface area is 110 Å². The average Bonchev–Trinajstić information content (AvgIpc) is 2.56. The minimum absolute atomic E-state index is 0.376. The van der Waals surface area contributed by atoms with E-state index >= 15 is 0 Å². The highest BCUT2D eigenvalue weighted by molar-refractivity contribution is 7.90. The van der Waals surface area contributed by atoms with Gasteiger partial charge in [0.1, 0.15) is 0 Å². The van der Waals surface area contributed by atoms with Crippen molar-refractivity contribution in [2.45, 2.75) is 43.5 Å². The van der Waals surface area contributed by atoms with Crippen molar-refractivity contribution in [3.63, 3.8) is 0 Å². The van der Waals surface area contributed by atoms with Crippen LogP contribution in [0, 0.1) is 6.92 Å². The third kappa shape index (κ3) is 3.12. The Bertz CT molecular complexity index is 515. The van der Waals surface area contributed by atoms with Crippen LogP contribution in [-0.4, -0.2) is 21.2 Å². The van der Waals surface area contributed by atoms with Gasteiger partial charge in [-0.05, 0) is 49.6 Å². The van der Waals surface area contributed by atoms with Gasteiger partial charge < -0.3 is 5.32 Å². The predicted octanol–water partition coefficient (Wildman–Crippen LogP) is 2.60. The van der Waals surface area contributed by atoms with Crippen LogP contribution in [0.3, 0.4) is 0 Å². The van der Waals surface area contributed by atoms with Gasteiger partial charge in [-0.3, -0.25) is 0 Å². The van der Waals surface area contributed by atoms with Crippen molar-refractivity contribution in [1.29, 1.82) is 0 Å². The molecule has 1 heterocycles. The zero-order valence-corrected chi connectivity index (χ0v) is 11.9. The Kier molecular flexibility index (Phi) is 4.07. The normalized spacial score (nSPS) is 21.6. The zero-order chi connectivity index (χ0) is 13.2. The van der Waals surface area contributed by atoms with Gasteiger partial charge in [0.15, 0.2) is 9.84 Å². The van der Waals surface area contributed by atoms with Gasteiger partial charge in [0.05, 0.1) is 4.90 Å². The maximum absolute atomic E-state index is 11.5. The van der Waals surface area contributed by atoms with E-state index in [1.54, 1.807) is 12.1 Å². The summed E-state index contributed by atoms with van der Waals surface area (Å²) < 4.78 is 23.0. The number of hydrogen-bond acceptors (Lipinski definition) is 3. The Morgan fingerprint density at radius 2 is 2.00 bits per heavy atom. The summed E-state index contributed by atoms with van der Waals surface area (Å²) in [6.07, 6.45) is 6.15. The molecule has 1 aliphatic rings. The van der Waals surface area contributed by atoms with Gasteiger partial charge in [-0.2, -0.15) is 0 Å². The van der Waals surface area contributed by atoms with Crippen LogP contribution in [0.15, 0.2) is 23.1 Å². The SMILES string of the molecule is Cc1cc(S(C)(=O)=O)ccc1[C@H]1CCCCCN1. The molecule has 0 unspecified atom stereocenters. The Morgan fingerprint density at radius 3 is 2.67 bits per heavy atom. The molecule has 1 aromatic rings. The second kappa shape index (κ2) is 5.41. The highest BCUT2D eigenvalue weighted by atomic mass is 32.2. The average molecular weight is 267 g/mol. The molecule has 0 spiro atoms. The van der Waals surface area contributed by atoms with E-state index < -0.39 is 9.84 Å². The molecule has 18 heavy (non-hydrogen) atoms. The van der Waals surface area contributed by atoms with Gasteiger partial charge in [0, 0.05) is 12.3 Å². The first kappa shape index (κ1) is 13.6. The van der Waals surface area contributed by atoms with Crippen LogP contribution in [0.25, 0.3) is 0 Å². The summed E-state index contributed by atoms with van der Waals surface area (Å²) in [6.45, 7) is 3.05. The molecule has 1 aromatic carbocycles. The molecule has 4 heteroatoms. The van der Waals surface area contributed by atoms with Crippen molar-refractivity contribution in [2.24, 2.45) is 0 Å². The maximum Gasteiger partial charge on any atom is 0.175 e. The van der Waals surface area contributed by atoms with Crippen LogP contribution in [0.5, 0.6) is 0 Å².